The van der Waals surface area contributed by atoms with Crippen molar-refractivity contribution < 1.29 is 4.74 Å². The van der Waals surface area contributed by atoms with Gasteiger partial charge in [0.05, 0.1) is 18.2 Å². The highest BCUT2D eigenvalue weighted by Crippen LogP contribution is 2.41. The van der Waals surface area contributed by atoms with Gasteiger partial charge in [0.2, 0.25) is 0 Å². The average molecular weight is 401 g/mol. The molecule has 2 aromatic rings. The lowest BCUT2D eigenvalue weighted by atomic mass is 9.74. The second-order valence-electron chi connectivity index (χ2n) is 9.37. The van der Waals surface area contributed by atoms with Crippen LogP contribution < -0.4 is 0 Å². The van der Waals surface area contributed by atoms with E-state index in [1.807, 2.05) is 6.07 Å². The van der Waals surface area contributed by atoms with E-state index in [0.29, 0.717) is 12.0 Å². The number of hydrogen-bond donors (Lipinski definition) is 0. The Hall–Kier alpha value is -2.15. The highest BCUT2D eigenvalue weighted by molar-refractivity contribution is 5.43. The van der Waals surface area contributed by atoms with Crippen molar-refractivity contribution in [2.75, 3.05) is 19.7 Å². The van der Waals surface area contributed by atoms with Crippen LogP contribution in [0, 0.1) is 17.2 Å². The number of aryl methyl sites for hydroxylation is 1. The van der Waals surface area contributed by atoms with E-state index in [2.05, 4.69) is 54.3 Å². The van der Waals surface area contributed by atoms with Gasteiger partial charge >= 0.3 is 0 Å². The van der Waals surface area contributed by atoms with Crippen LogP contribution in [0.2, 0.25) is 0 Å². The summed E-state index contributed by atoms with van der Waals surface area (Å²) >= 11 is 0. The second kappa shape index (κ2) is 8.53. The highest BCUT2D eigenvalue weighted by atomic mass is 16.6. The van der Waals surface area contributed by atoms with Crippen LogP contribution in [-0.4, -0.2) is 30.6 Å². The third kappa shape index (κ3) is 3.92. The zero-order valence-electron chi connectivity index (χ0n) is 18.0. The molecule has 2 saturated heterocycles. The number of rotatable bonds is 5. The van der Waals surface area contributed by atoms with Crippen molar-refractivity contribution in [1.29, 1.82) is 5.26 Å². The molecule has 2 heterocycles. The largest absolute Gasteiger partial charge is 0.368 e. The first-order chi connectivity index (χ1) is 14.8. The fourth-order valence-electron chi connectivity index (χ4n) is 5.86. The van der Waals surface area contributed by atoms with E-state index in [1.54, 1.807) is 5.56 Å². The van der Waals surface area contributed by atoms with Crippen molar-refractivity contribution in [2.24, 2.45) is 5.92 Å². The zero-order valence-corrected chi connectivity index (χ0v) is 18.0. The quantitative estimate of drug-likeness (QED) is 0.632. The summed E-state index contributed by atoms with van der Waals surface area (Å²) in [6, 6.07) is 18.2. The molecule has 3 nitrogen and oxygen atoms in total. The van der Waals surface area contributed by atoms with Crippen molar-refractivity contribution in [3.8, 4) is 6.07 Å². The monoisotopic (exact) mass is 400 g/mol. The molecule has 0 bridgehead atoms. The third-order valence-corrected chi connectivity index (χ3v) is 7.62. The van der Waals surface area contributed by atoms with Gasteiger partial charge in [-0.2, -0.15) is 5.26 Å². The zero-order chi connectivity index (χ0) is 20.5. The van der Waals surface area contributed by atoms with Crippen LogP contribution in [0.4, 0.5) is 0 Å². The smallest absolute Gasteiger partial charge is 0.106 e. The van der Waals surface area contributed by atoms with E-state index in [0.717, 1.165) is 24.5 Å². The van der Waals surface area contributed by atoms with Crippen LogP contribution in [0.25, 0.3) is 0 Å². The fraction of sp³-hybridized carbons (Fsp3) is 0.519. The van der Waals surface area contributed by atoms with Gasteiger partial charge in [0, 0.05) is 18.5 Å². The lowest BCUT2D eigenvalue weighted by Crippen LogP contribution is -2.47. The molecule has 3 heteroatoms. The molecule has 0 saturated carbocycles. The number of benzene rings is 2. The minimum atomic E-state index is 0.185. The van der Waals surface area contributed by atoms with Crippen molar-refractivity contribution in [3.05, 3.63) is 70.3 Å². The number of piperidine rings is 1. The Balaban J connectivity index is 1.49. The number of hydrogen-bond acceptors (Lipinski definition) is 3. The predicted molar refractivity (Wildman–Crippen MR) is 119 cm³/mol. The summed E-state index contributed by atoms with van der Waals surface area (Å²) < 4.78 is 5.65. The molecular formula is C27H32N2O. The SMILES string of the molecule is CCC1CCCN(C2CCc3ccccc3C2Cc2ccc(C#N)cc2C2CO2)C1. The van der Waals surface area contributed by atoms with E-state index in [4.69, 9.17) is 4.74 Å². The maximum absolute atomic E-state index is 9.37. The molecule has 0 amide bonds. The summed E-state index contributed by atoms with van der Waals surface area (Å²) in [6.07, 6.45) is 7.69. The summed E-state index contributed by atoms with van der Waals surface area (Å²) in [6.45, 7) is 5.63. The minimum absolute atomic E-state index is 0.185. The standard InChI is InChI=1S/C27H32N2O/c1-2-19-6-5-13-29(17-19)26-12-11-21-7-3-4-8-23(21)25(26)15-22-10-9-20(16-28)14-24(22)27-18-30-27/h3-4,7-10,14,19,25-27H,2,5-6,11-13,15,17-18H2,1H3. The summed E-state index contributed by atoms with van der Waals surface area (Å²) in [5.74, 6) is 1.36. The molecule has 3 aliphatic rings. The lowest BCUT2D eigenvalue weighted by Gasteiger charge is -2.45. The molecule has 156 valence electrons. The molecule has 0 aromatic heterocycles. The van der Waals surface area contributed by atoms with Crippen LogP contribution in [-0.2, 0) is 17.6 Å². The Morgan fingerprint density at radius 2 is 2.00 bits per heavy atom. The molecule has 0 N–H and O–H groups in total. The predicted octanol–water partition coefficient (Wildman–Crippen LogP) is 5.39. The van der Waals surface area contributed by atoms with E-state index in [1.165, 1.54) is 61.9 Å². The number of fused-ring (bicyclic) bond motifs is 1. The van der Waals surface area contributed by atoms with Gasteiger partial charge in [-0.1, -0.05) is 43.7 Å². The van der Waals surface area contributed by atoms with E-state index < -0.39 is 0 Å². The first kappa shape index (κ1) is 19.8. The summed E-state index contributed by atoms with van der Waals surface area (Å²) in [5, 5.41) is 9.37. The maximum atomic E-state index is 9.37. The molecule has 0 spiro atoms. The van der Waals surface area contributed by atoms with Crippen molar-refractivity contribution >= 4 is 0 Å². The van der Waals surface area contributed by atoms with Crippen molar-refractivity contribution in [3.63, 3.8) is 0 Å². The van der Waals surface area contributed by atoms with Gasteiger partial charge in [0.15, 0.2) is 0 Å². The van der Waals surface area contributed by atoms with Gasteiger partial charge in [-0.25, -0.2) is 0 Å². The van der Waals surface area contributed by atoms with Crippen molar-refractivity contribution in [1.82, 2.24) is 4.90 Å². The number of epoxide rings is 1. The Morgan fingerprint density at radius 1 is 1.13 bits per heavy atom. The Labute approximate surface area is 180 Å². The van der Waals surface area contributed by atoms with Crippen molar-refractivity contribution in [2.45, 2.75) is 63.5 Å². The van der Waals surface area contributed by atoms with Gasteiger partial charge in [0.25, 0.3) is 0 Å². The van der Waals surface area contributed by atoms with Crippen LogP contribution in [0.3, 0.4) is 0 Å². The normalized spacial score (nSPS) is 28.5. The van der Waals surface area contributed by atoms with Gasteiger partial charge in [-0.15, -0.1) is 0 Å². The maximum Gasteiger partial charge on any atom is 0.106 e. The molecular weight excluding hydrogens is 368 g/mol. The third-order valence-electron chi connectivity index (χ3n) is 7.62. The van der Waals surface area contributed by atoms with E-state index in [-0.39, 0.29) is 6.10 Å². The molecule has 30 heavy (non-hydrogen) atoms. The Kier molecular flexibility index (Phi) is 5.63. The second-order valence-corrected chi connectivity index (χ2v) is 9.37. The first-order valence-electron chi connectivity index (χ1n) is 11.7. The molecule has 0 radical (unpaired) electrons. The van der Waals surface area contributed by atoms with Gasteiger partial charge in [-0.05, 0) is 79.0 Å². The molecule has 2 aromatic carbocycles. The van der Waals surface area contributed by atoms with Gasteiger partial charge in [-0.3, -0.25) is 4.90 Å². The van der Waals surface area contributed by atoms with Gasteiger partial charge in [0.1, 0.15) is 6.10 Å². The van der Waals surface area contributed by atoms with E-state index in [9.17, 15) is 5.26 Å². The van der Waals surface area contributed by atoms with Crippen LogP contribution in [0.5, 0.6) is 0 Å². The topological polar surface area (TPSA) is 39.6 Å². The number of nitrogens with zero attached hydrogens (tertiary/aromatic N) is 2. The summed E-state index contributed by atoms with van der Waals surface area (Å²) in [5.41, 5.74) is 6.42. The molecule has 2 aliphatic heterocycles. The lowest BCUT2D eigenvalue weighted by molar-refractivity contribution is 0.0940. The molecule has 2 fully saturated rings. The molecule has 1 aliphatic carbocycles. The molecule has 4 atom stereocenters. The Bertz CT molecular complexity index is 942. The molecule has 5 rings (SSSR count). The van der Waals surface area contributed by atoms with Crippen LogP contribution in [0.15, 0.2) is 42.5 Å². The van der Waals surface area contributed by atoms with Crippen LogP contribution in [0.1, 0.15) is 72.4 Å². The number of ether oxygens (including phenoxy) is 1. The summed E-state index contributed by atoms with van der Waals surface area (Å²) in [4.78, 5) is 2.81. The van der Waals surface area contributed by atoms with Gasteiger partial charge < -0.3 is 4.74 Å². The summed E-state index contributed by atoms with van der Waals surface area (Å²) in [7, 11) is 0. The minimum Gasteiger partial charge on any atom is -0.368 e. The average Bonchev–Trinajstić information content (AvgIpc) is 3.65. The highest BCUT2D eigenvalue weighted by Gasteiger charge is 2.37. The number of likely N-dealkylation sites (tertiary alicyclic amines) is 1. The fourth-order valence-corrected chi connectivity index (χ4v) is 5.86. The van der Waals surface area contributed by atoms with E-state index >= 15 is 0 Å². The number of nitriles is 1. The Morgan fingerprint density at radius 3 is 2.80 bits per heavy atom. The molecule has 4 unspecified atom stereocenters. The van der Waals surface area contributed by atoms with Crippen LogP contribution >= 0.6 is 0 Å². The first-order valence-corrected chi connectivity index (χ1v) is 11.7.